The maximum Gasteiger partial charge on any atom is 0.223 e. The van der Waals surface area contributed by atoms with E-state index < -0.39 is 0 Å². The van der Waals surface area contributed by atoms with E-state index in [-0.39, 0.29) is 5.91 Å². The smallest absolute Gasteiger partial charge is 0.223 e. The molecular formula is C18H25N3O. The van der Waals surface area contributed by atoms with Crippen molar-refractivity contribution in [2.24, 2.45) is 4.99 Å². The molecule has 4 nitrogen and oxygen atoms in total. The highest BCUT2D eigenvalue weighted by Crippen LogP contribution is 2.32. The van der Waals surface area contributed by atoms with Crippen molar-refractivity contribution < 1.29 is 4.79 Å². The molecule has 1 aliphatic rings. The maximum absolute atomic E-state index is 11.8. The fraction of sp³-hybridized carbons (Fsp3) is 0.444. The minimum atomic E-state index is 0.0803. The molecule has 4 heteroatoms. The number of carbonyl (C=O) groups excluding carboxylic acids is 1. The lowest BCUT2D eigenvalue weighted by Gasteiger charge is -2.23. The second-order valence-electron chi connectivity index (χ2n) is 5.42. The van der Waals surface area contributed by atoms with Crippen LogP contribution in [0.3, 0.4) is 0 Å². The van der Waals surface area contributed by atoms with Gasteiger partial charge in [-0.25, -0.2) is 0 Å². The van der Waals surface area contributed by atoms with Gasteiger partial charge in [0.1, 0.15) is 0 Å². The average molecular weight is 299 g/mol. The third-order valence-electron chi connectivity index (χ3n) is 4.05. The van der Waals surface area contributed by atoms with Crippen LogP contribution in [0.1, 0.15) is 33.3 Å². The number of fused-ring (bicyclic) bond motifs is 1. The topological polar surface area (TPSA) is 35.9 Å². The van der Waals surface area contributed by atoms with Gasteiger partial charge in [0.2, 0.25) is 5.91 Å². The van der Waals surface area contributed by atoms with Gasteiger partial charge in [-0.1, -0.05) is 12.1 Å². The molecule has 0 bridgehead atoms. The Labute approximate surface area is 133 Å². The molecule has 1 aromatic rings. The zero-order valence-corrected chi connectivity index (χ0v) is 14.0. The first-order valence-electron chi connectivity index (χ1n) is 7.90. The molecule has 2 rings (SSSR count). The second-order valence-corrected chi connectivity index (χ2v) is 5.42. The third kappa shape index (κ3) is 3.38. The molecule has 1 aromatic carbocycles. The summed E-state index contributed by atoms with van der Waals surface area (Å²) in [7, 11) is 0. The summed E-state index contributed by atoms with van der Waals surface area (Å²) in [6.45, 7) is 10.1. The van der Waals surface area contributed by atoms with Crippen LogP contribution in [0.4, 0.5) is 11.4 Å². The number of amides is 1. The van der Waals surface area contributed by atoms with Gasteiger partial charge in [-0.05, 0) is 44.9 Å². The van der Waals surface area contributed by atoms with Gasteiger partial charge < -0.3 is 9.80 Å². The van der Waals surface area contributed by atoms with Crippen LogP contribution in [0.15, 0.2) is 35.0 Å². The van der Waals surface area contributed by atoms with Crippen molar-refractivity contribution in [3.63, 3.8) is 0 Å². The molecule has 0 fully saturated rings. The van der Waals surface area contributed by atoms with E-state index >= 15 is 0 Å². The summed E-state index contributed by atoms with van der Waals surface area (Å²) in [6.07, 6.45) is 4.93. The zero-order chi connectivity index (χ0) is 16.1. The van der Waals surface area contributed by atoms with Crippen molar-refractivity contribution in [2.45, 2.75) is 34.1 Å². The van der Waals surface area contributed by atoms with Crippen LogP contribution in [0.2, 0.25) is 0 Å². The number of aliphatic imine (C=N–C) groups is 1. The third-order valence-corrected chi connectivity index (χ3v) is 4.05. The fourth-order valence-electron chi connectivity index (χ4n) is 2.92. The second kappa shape index (κ2) is 7.25. The number of anilines is 2. The molecular weight excluding hydrogens is 274 g/mol. The lowest BCUT2D eigenvalue weighted by molar-refractivity contribution is -0.116. The normalized spacial score (nSPS) is 14.5. The number of allylic oxidation sites excluding steroid dienone is 1. The summed E-state index contributed by atoms with van der Waals surface area (Å²) in [5.74, 6) is 0.0803. The number of hydrogen-bond donors (Lipinski definition) is 0. The molecule has 0 spiro atoms. The Kier molecular flexibility index (Phi) is 5.36. The van der Waals surface area contributed by atoms with Crippen LogP contribution >= 0.6 is 0 Å². The Morgan fingerprint density at radius 2 is 2.18 bits per heavy atom. The summed E-state index contributed by atoms with van der Waals surface area (Å²) < 4.78 is 0. The lowest BCUT2D eigenvalue weighted by atomic mass is 10.1. The highest BCUT2D eigenvalue weighted by atomic mass is 16.2. The molecule has 0 aromatic heterocycles. The number of rotatable bonds is 5. The molecule has 1 amide bonds. The van der Waals surface area contributed by atoms with Gasteiger partial charge in [0.05, 0.1) is 12.2 Å². The van der Waals surface area contributed by atoms with E-state index in [1.165, 1.54) is 11.3 Å². The minimum Gasteiger partial charge on any atom is -0.365 e. The van der Waals surface area contributed by atoms with E-state index in [2.05, 4.69) is 28.1 Å². The number of carbonyl (C=O) groups is 1. The van der Waals surface area contributed by atoms with Gasteiger partial charge in [0.15, 0.2) is 0 Å². The van der Waals surface area contributed by atoms with Crippen molar-refractivity contribution in [2.75, 3.05) is 29.4 Å². The van der Waals surface area contributed by atoms with E-state index in [4.69, 9.17) is 0 Å². The van der Waals surface area contributed by atoms with Crippen LogP contribution in [0.5, 0.6) is 0 Å². The lowest BCUT2D eigenvalue weighted by Crippen LogP contribution is -2.28. The van der Waals surface area contributed by atoms with Gasteiger partial charge in [0.25, 0.3) is 0 Å². The van der Waals surface area contributed by atoms with Crippen LogP contribution in [0.25, 0.3) is 0 Å². The largest absolute Gasteiger partial charge is 0.365 e. The molecule has 1 aliphatic heterocycles. The van der Waals surface area contributed by atoms with E-state index in [9.17, 15) is 4.79 Å². The standard InChI is InChI=1S/C18H25N3O/c1-5-16(19-6-2)13-20-11-10-15-8-9-17(12-18(15)20)21(7-3)14(4)22/h5-6,8-9,12H,7,10-11,13H2,1-4H3/b16-5-,19-6?. The molecule has 0 N–H and O–H groups in total. The molecule has 0 atom stereocenters. The summed E-state index contributed by atoms with van der Waals surface area (Å²) in [4.78, 5) is 20.3. The van der Waals surface area contributed by atoms with E-state index in [1.807, 2.05) is 33.1 Å². The molecule has 0 unspecified atom stereocenters. The van der Waals surface area contributed by atoms with Gasteiger partial charge in [-0.3, -0.25) is 9.79 Å². The summed E-state index contributed by atoms with van der Waals surface area (Å²) in [6, 6.07) is 6.33. The molecule has 0 radical (unpaired) electrons. The first-order valence-corrected chi connectivity index (χ1v) is 7.90. The molecule has 22 heavy (non-hydrogen) atoms. The van der Waals surface area contributed by atoms with E-state index in [0.717, 1.165) is 30.9 Å². The van der Waals surface area contributed by atoms with Gasteiger partial charge >= 0.3 is 0 Å². The first kappa shape index (κ1) is 16.3. The van der Waals surface area contributed by atoms with Crippen molar-refractivity contribution in [1.29, 1.82) is 0 Å². The Morgan fingerprint density at radius 1 is 1.41 bits per heavy atom. The summed E-state index contributed by atoms with van der Waals surface area (Å²) in [5, 5.41) is 0. The minimum absolute atomic E-state index is 0.0803. The van der Waals surface area contributed by atoms with Crippen LogP contribution in [0, 0.1) is 0 Å². The van der Waals surface area contributed by atoms with Crippen molar-refractivity contribution in [3.05, 3.63) is 35.5 Å². The monoisotopic (exact) mass is 299 g/mol. The van der Waals surface area contributed by atoms with E-state index in [1.54, 1.807) is 11.8 Å². The SMILES string of the molecule is CC=N/C(=C\C)CN1CCc2ccc(N(CC)C(C)=O)cc21. The quantitative estimate of drug-likeness (QED) is 0.781. The highest BCUT2D eigenvalue weighted by molar-refractivity contribution is 5.92. The van der Waals surface area contributed by atoms with Crippen molar-refractivity contribution in [3.8, 4) is 0 Å². The van der Waals surface area contributed by atoms with Crippen LogP contribution in [-0.2, 0) is 11.2 Å². The Morgan fingerprint density at radius 3 is 2.77 bits per heavy atom. The Bertz CT molecular complexity index is 604. The predicted molar refractivity (Wildman–Crippen MR) is 94.0 cm³/mol. The molecule has 0 aliphatic carbocycles. The number of hydrogen-bond acceptors (Lipinski definition) is 3. The van der Waals surface area contributed by atoms with Crippen molar-refractivity contribution in [1.82, 2.24) is 0 Å². The first-order chi connectivity index (χ1) is 10.6. The van der Waals surface area contributed by atoms with Gasteiger partial charge in [0, 0.05) is 37.6 Å². The molecule has 0 saturated carbocycles. The Balaban J connectivity index is 2.28. The number of benzene rings is 1. The molecule has 1 heterocycles. The summed E-state index contributed by atoms with van der Waals surface area (Å²) in [5.41, 5.74) is 4.61. The van der Waals surface area contributed by atoms with E-state index in [0.29, 0.717) is 6.54 Å². The highest BCUT2D eigenvalue weighted by Gasteiger charge is 2.21. The van der Waals surface area contributed by atoms with Gasteiger partial charge in [-0.2, -0.15) is 0 Å². The maximum atomic E-state index is 11.8. The van der Waals surface area contributed by atoms with Crippen LogP contribution < -0.4 is 9.80 Å². The predicted octanol–water partition coefficient (Wildman–Crippen LogP) is 3.42. The van der Waals surface area contributed by atoms with Gasteiger partial charge in [-0.15, -0.1) is 0 Å². The number of nitrogens with zero attached hydrogens (tertiary/aromatic N) is 3. The molecule has 0 saturated heterocycles. The van der Waals surface area contributed by atoms with Crippen LogP contribution in [-0.4, -0.2) is 31.8 Å². The van der Waals surface area contributed by atoms with Crippen molar-refractivity contribution >= 4 is 23.5 Å². The average Bonchev–Trinajstić information content (AvgIpc) is 2.89. The Hall–Kier alpha value is -2.10. The molecule has 118 valence electrons. The summed E-state index contributed by atoms with van der Waals surface area (Å²) >= 11 is 0. The fourth-order valence-corrected chi connectivity index (χ4v) is 2.92. The zero-order valence-electron chi connectivity index (χ0n) is 14.0.